The Bertz CT molecular complexity index is 309. The van der Waals surface area contributed by atoms with Crippen LogP contribution in [0.4, 0.5) is 8.78 Å². The molecule has 3 nitrogen and oxygen atoms in total. The van der Waals surface area contributed by atoms with Gasteiger partial charge in [-0.05, 0) is 6.92 Å². The van der Waals surface area contributed by atoms with Gasteiger partial charge in [-0.3, -0.25) is 0 Å². The van der Waals surface area contributed by atoms with E-state index in [1.807, 2.05) is 0 Å². The van der Waals surface area contributed by atoms with Crippen LogP contribution in [0.3, 0.4) is 0 Å². The second kappa shape index (κ2) is 2.64. The molecular formula is C7H7F2N3. The highest BCUT2D eigenvalue weighted by atomic mass is 19.2. The highest BCUT2D eigenvalue weighted by Crippen LogP contribution is 2.28. The molecule has 0 fully saturated rings. The molecule has 0 aromatic carbocycles. The van der Waals surface area contributed by atoms with Crippen molar-refractivity contribution in [2.75, 3.05) is 0 Å². The predicted molar refractivity (Wildman–Crippen MR) is 39.5 cm³/mol. The summed E-state index contributed by atoms with van der Waals surface area (Å²) in [4.78, 5) is 3.09. The number of rotatable bonds is 0. The Morgan fingerprint density at radius 3 is 2.67 bits per heavy atom. The smallest absolute Gasteiger partial charge is 0.247 e. The Morgan fingerprint density at radius 1 is 1.67 bits per heavy atom. The summed E-state index contributed by atoms with van der Waals surface area (Å²) in [5, 5.41) is 8.38. The van der Waals surface area contributed by atoms with Gasteiger partial charge >= 0.3 is 0 Å². The van der Waals surface area contributed by atoms with Crippen molar-refractivity contribution in [2.45, 2.75) is 18.9 Å². The van der Waals surface area contributed by atoms with Crippen molar-refractivity contribution < 1.29 is 8.78 Å². The summed E-state index contributed by atoms with van der Waals surface area (Å²) in [7, 11) is 0. The number of nitrogens with zero attached hydrogens (tertiary/aromatic N) is 2. The minimum atomic E-state index is -1.43. The molecule has 0 saturated carbocycles. The average molecular weight is 171 g/mol. The lowest BCUT2D eigenvalue weighted by Crippen LogP contribution is -2.41. The topological polar surface area (TPSA) is 62.2 Å². The number of hydrogen-bond donors (Lipinski definition) is 1. The van der Waals surface area contributed by atoms with E-state index in [2.05, 4.69) is 4.99 Å². The van der Waals surface area contributed by atoms with Crippen molar-refractivity contribution >= 4 is 5.71 Å². The minimum absolute atomic E-state index is 0.0667. The summed E-state index contributed by atoms with van der Waals surface area (Å²) < 4.78 is 25.4. The van der Waals surface area contributed by atoms with Crippen LogP contribution in [0.25, 0.3) is 0 Å². The average Bonchev–Trinajstić information content (AvgIpc) is 1.99. The Labute approximate surface area is 68.2 Å². The van der Waals surface area contributed by atoms with Gasteiger partial charge in [-0.15, -0.1) is 0 Å². The van der Waals surface area contributed by atoms with Crippen LogP contribution >= 0.6 is 0 Å². The molecule has 0 aromatic heterocycles. The first kappa shape index (κ1) is 8.81. The van der Waals surface area contributed by atoms with Crippen LogP contribution in [-0.4, -0.2) is 11.3 Å². The van der Waals surface area contributed by atoms with Gasteiger partial charge in [0, 0.05) is 6.42 Å². The van der Waals surface area contributed by atoms with E-state index in [-0.39, 0.29) is 12.1 Å². The van der Waals surface area contributed by atoms with Crippen molar-refractivity contribution in [3.05, 3.63) is 11.8 Å². The zero-order valence-electron chi connectivity index (χ0n) is 6.43. The van der Waals surface area contributed by atoms with Gasteiger partial charge in [-0.25, -0.2) is 9.38 Å². The van der Waals surface area contributed by atoms with E-state index in [4.69, 9.17) is 11.0 Å². The van der Waals surface area contributed by atoms with Crippen LogP contribution in [0.2, 0.25) is 0 Å². The molecule has 0 radical (unpaired) electrons. The van der Waals surface area contributed by atoms with Crippen LogP contribution in [0.15, 0.2) is 16.8 Å². The molecule has 0 bridgehead atoms. The lowest BCUT2D eigenvalue weighted by molar-refractivity contribution is 0.390. The third kappa shape index (κ3) is 1.34. The zero-order chi connectivity index (χ0) is 9.35. The summed E-state index contributed by atoms with van der Waals surface area (Å²) in [5.74, 6) is -2.38. The lowest BCUT2D eigenvalue weighted by Gasteiger charge is -2.24. The molecule has 5 heteroatoms. The van der Waals surface area contributed by atoms with Gasteiger partial charge < -0.3 is 5.73 Å². The Kier molecular flexibility index (Phi) is 1.94. The van der Waals surface area contributed by atoms with Crippen LogP contribution in [0.1, 0.15) is 13.3 Å². The summed E-state index contributed by atoms with van der Waals surface area (Å²) in [6.07, 6.45) is -0.0667. The van der Waals surface area contributed by atoms with Crippen molar-refractivity contribution in [1.29, 1.82) is 5.26 Å². The predicted octanol–water partition coefficient (Wildman–Crippen LogP) is 1.18. The highest BCUT2D eigenvalue weighted by Gasteiger charge is 2.34. The van der Waals surface area contributed by atoms with Gasteiger partial charge in [-0.1, -0.05) is 0 Å². The second-order valence-corrected chi connectivity index (χ2v) is 2.87. The van der Waals surface area contributed by atoms with E-state index in [0.717, 1.165) is 0 Å². The minimum Gasteiger partial charge on any atom is -0.319 e. The number of nitriles is 1. The summed E-state index contributed by atoms with van der Waals surface area (Å²) in [6, 6.07) is 1.64. The normalized spacial score (nSPS) is 29.8. The molecule has 0 aliphatic carbocycles. The molecule has 1 rings (SSSR count). The van der Waals surface area contributed by atoms with E-state index >= 15 is 0 Å². The van der Waals surface area contributed by atoms with Crippen LogP contribution in [-0.2, 0) is 0 Å². The largest absolute Gasteiger partial charge is 0.319 e. The van der Waals surface area contributed by atoms with Crippen molar-refractivity contribution in [1.82, 2.24) is 0 Å². The Balaban J connectivity index is 3.13. The molecule has 0 amide bonds. The molecule has 1 aliphatic heterocycles. The number of hydrogen-bond acceptors (Lipinski definition) is 3. The molecule has 0 aromatic rings. The van der Waals surface area contributed by atoms with Gasteiger partial charge in [0.1, 0.15) is 11.8 Å². The monoisotopic (exact) mass is 171 g/mol. The summed E-state index contributed by atoms with van der Waals surface area (Å²) in [6.45, 7) is 1.31. The third-order valence-corrected chi connectivity index (χ3v) is 1.58. The number of halogens is 2. The van der Waals surface area contributed by atoms with E-state index in [1.165, 1.54) is 6.92 Å². The highest BCUT2D eigenvalue weighted by molar-refractivity contribution is 6.00. The number of aliphatic imine (C=N–C) groups is 1. The van der Waals surface area contributed by atoms with Gasteiger partial charge in [0.15, 0.2) is 5.83 Å². The van der Waals surface area contributed by atoms with Crippen LogP contribution < -0.4 is 5.73 Å². The quantitative estimate of drug-likeness (QED) is 0.556. The molecule has 0 saturated heterocycles. The second-order valence-electron chi connectivity index (χ2n) is 2.87. The molecule has 1 unspecified atom stereocenters. The van der Waals surface area contributed by atoms with Crippen molar-refractivity contribution in [2.24, 2.45) is 10.7 Å². The molecule has 0 spiro atoms. The lowest BCUT2D eigenvalue weighted by atomic mass is 9.93. The molecule has 2 N–H and O–H groups in total. The SMILES string of the molecule is CC1(N)CC(C#N)=NC(F)=C1F. The molecule has 64 valence electrons. The standard InChI is InChI=1S/C7H7F2N3/c1-7(11)2-4(3-10)12-6(9)5(7)8/h2,11H2,1H3. The summed E-state index contributed by atoms with van der Waals surface area (Å²) >= 11 is 0. The fraction of sp³-hybridized carbons (Fsp3) is 0.429. The first-order chi connectivity index (χ1) is 5.47. The Morgan fingerprint density at radius 2 is 2.25 bits per heavy atom. The molecule has 1 heterocycles. The van der Waals surface area contributed by atoms with Gasteiger partial charge in [0.05, 0.1) is 5.54 Å². The first-order valence-corrected chi connectivity index (χ1v) is 3.29. The fourth-order valence-electron chi connectivity index (χ4n) is 0.933. The zero-order valence-corrected chi connectivity index (χ0v) is 6.43. The van der Waals surface area contributed by atoms with Crippen LogP contribution in [0.5, 0.6) is 0 Å². The van der Waals surface area contributed by atoms with Crippen molar-refractivity contribution in [3.63, 3.8) is 0 Å². The van der Waals surface area contributed by atoms with E-state index in [0.29, 0.717) is 0 Å². The summed E-state index contributed by atoms with van der Waals surface area (Å²) in [5.41, 5.74) is 3.85. The molecule has 1 aliphatic rings. The molecular weight excluding hydrogens is 164 g/mol. The van der Waals surface area contributed by atoms with Gasteiger partial charge in [0.25, 0.3) is 0 Å². The Hall–Kier alpha value is -1.28. The fourth-order valence-corrected chi connectivity index (χ4v) is 0.933. The van der Waals surface area contributed by atoms with E-state index in [9.17, 15) is 8.78 Å². The van der Waals surface area contributed by atoms with Gasteiger partial charge in [0.2, 0.25) is 5.95 Å². The van der Waals surface area contributed by atoms with E-state index in [1.54, 1.807) is 6.07 Å². The molecule has 1 atom stereocenters. The van der Waals surface area contributed by atoms with E-state index < -0.39 is 17.3 Å². The molecule has 12 heavy (non-hydrogen) atoms. The first-order valence-electron chi connectivity index (χ1n) is 3.29. The maximum absolute atomic E-state index is 12.8. The van der Waals surface area contributed by atoms with Gasteiger partial charge in [-0.2, -0.15) is 9.65 Å². The van der Waals surface area contributed by atoms with Crippen LogP contribution in [0, 0.1) is 11.3 Å². The van der Waals surface area contributed by atoms with Crippen molar-refractivity contribution in [3.8, 4) is 6.07 Å². The maximum Gasteiger partial charge on any atom is 0.247 e. The number of nitrogens with two attached hydrogens (primary N) is 1. The third-order valence-electron chi connectivity index (χ3n) is 1.58. The maximum atomic E-state index is 12.8.